The molecule has 0 heterocycles. The van der Waals surface area contributed by atoms with E-state index in [2.05, 4.69) is 21.2 Å². The summed E-state index contributed by atoms with van der Waals surface area (Å²) in [6.45, 7) is 1.71. The first-order valence-corrected chi connectivity index (χ1v) is 5.83. The predicted octanol–water partition coefficient (Wildman–Crippen LogP) is 1.02. The molecule has 1 rings (SSSR count). The van der Waals surface area contributed by atoms with Gasteiger partial charge in [-0.3, -0.25) is 9.59 Å². The number of anilines is 1. The van der Waals surface area contributed by atoms with E-state index in [1.165, 1.54) is 0 Å². The first-order valence-electron chi connectivity index (χ1n) is 5.04. The second-order valence-corrected chi connectivity index (χ2v) is 4.64. The number of carbonyl (C=O) groups excluding carboxylic acids is 2. The summed E-state index contributed by atoms with van der Waals surface area (Å²) >= 11 is 3.24. The normalized spacial score (nSPS) is 11.9. The molecule has 2 amide bonds. The zero-order valence-electron chi connectivity index (χ0n) is 9.37. The van der Waals surface area contributed by atoms with Gasteiger partial charge in [0.05, 0.1) is 0 Å². The molecule has 1 unspecified atom stereocenters. The fourth-order valence-corrected chi connectivity index (χ4v) is 1.59. The maximum atomic E-state index is 11.8. The molecule has 0 bridgehead atoms. The van der Waals surface area contributed by atoms with Crippen LogP contribution in [0.4, 0.5) is 5.69 Å². The van der Waals surface area contributed by atoms with E-state index >= 15 is 0 Å². The average molecular weight is 300 g/mol. The van der Waals surface area contributed by atoms with E-state index in [0.717, 1.165) is 4.47 Å². The zero-order chi connectivity index (χ0) is 13.0. The van der Waals surface area contributed by atoms with Gasteiger partial charge in [0.2, 0.25) is 5.91 Å². The number of benzene rings is 1. The van der Waals surface area contributed by atoms with Gasteiger partial charge in [-0.15, -0.1) is 0 Å². The minimum Gasteiger partial charge on any atom is -0.398 e. The Hall–Kier alpha value is -1.56. The van der Waals surface area contributed by atoms with Crippen molar-refractivity contribution in [3.8, 4) is 0 Å². The summed E-state index contributed by atoms with van der Waals surface area (Å²) in [5, 5.41) is 2.66. The van der Waals surface area contributed by atoms with Crippen LogP contribution in [0.25, 0.3) is 0 Å². The van der Waals surface area contributed by atoms with Gasteiger partial charge < -0.3 is 16.8 Å². The summed E-state index contributed by atoms with van der Waals surface area (Å²) in [7, 11) is 0. The molecular formula is C11H14BrN3O2. The van der Waals surface area contributed by atoms with E-state index in [9.17, 15) is 9.59 Å². The van der Waals surface area contributed by atoms with Crippen molar-refractivity contribution in [3.63, 3.8) is 0 Å². The SMILES string of the molecule is CC(CC(N)=O)NC(=O)c1ccc(Br)c(N)c1. The summed E-state index contributed by atoms with van der Waals surface area (Å²) in [5.41, 5.74) is 11.6. The van der Waals surface area contributed by atoms with Gasteiger partial charge >= 0.3 is 0 Å². The number of hydrogen-bond donors (Lipinski definition) is 3. The molecule has 1 aromatic carbocycles. The lowest BCUT2D eigenvalue weighted by Crippen LogP contribution is -2.35. The van der Waals surface area contributed by atoms with Gasteiger partial charge in [-0.05, 0) is 41.1 Å². The number of amides is 2. The summed E-state index contributed by atoms with van der Waals surface area (Å²) in [4.78, 5) is 22.4. The lowest BCUT2D eigenvalue weighted by molar-refractivity contribution is -0.118. The van der Waals surface area contributed by atoms with Gasteiger partial charge in [-0.2, -0.15) is 0 Å². The highest BCUT2D eigenvalue weighted by Crippen LogP contribution is 2.20. The van der Waals surface area contributed by atoms with Crippen LogP contribution in [-0.4, -0.2) is 17.9 Å². The van der Waals surface area contributed by atoms with Crippen LogP contribution < -0.4 is 16.8 Å². The van der Waals surface area contributed by atoms with Crippen molar-refractivity contribution in [1.82, 2.24) is 5.32 Å². The standard InChI is InChI=1S/C11H14BrN3O2/c1-6(4-10(14)16)15-11(17)7-2-3-8(12)9(13)5-7/h2-3,5-6H,4,13H2,1H3,(H2,14,16)(H,15,17). The Labute approximate surface area is 108 Å². The van der Waals surface area contributed by atoms with Crippen LogP contribution in [0.1, 0.15) is 23.7 Å². The zero-order valence-corrected chi connectivity index (χ0v) is 11.0. The van der Waals surface area contributed by atoms with Crippen molar-refractivity contribution >= 4 is 33.4 Å². The lowest BCUT2D eigenvalue weighted by atomic mass is 10.1. The molecule has 5 nitrogen and oxygen atoms in total. The highest BCUT2D eigenvalue weighted by molar-refractivity contribution is 9.10. The molecule has 0 aliphatic carbocycles. The highest BCUT2D eigenvalue weighted by atomic mass is 79.9. The smallest absolute Gasteiger partial charge is 0.251 e. The number of nitrogens with two attached hydrogens (primary N) is 2. The molecule has 0 saturated carbocycles. The van der Waals surface area contributed by atoms with Gasteiger partial charge in [0, 0.05) is 28.2 Å². The van der Waals surface area contributed by atoms with E-state index in [0.29, 0.717) is 11.3 Å². The minimum absolute atomic E-state index is 0.109. The Kier molecular flexibility index (Phi) is 4.51. The van der Waals surface area contributed by atoms with Crippen molar-refractivity contribution in [2.24, 2.45) is 5.73 Å². The molecule has 0 aromatic heterocycles. The third-order valence-electron chi connectivity index (χ3n) is 2.14. The molecule has 5 N–H and O–H groups in total. The molecular weight excluding hydrogens is 286 g/mol. The maximum absolute atomic E-state index is 11.8. The average Bonchev–Trinajstić information content (AvgIpc) is 2.20. The maximum Gasteiger partial charge on any atom is 0.251 e. The number of carbonyl (C=O) groups is 2. The molecule has 92 valence electrons. The van der Waals surface area contributed by atoms with Gasteiger partial charge in [0.25, 0.3) is 5.91 Å². The quantitative estimate of drug-likeness (QED) is 0.724. The first kappa shape index (κ1) is 13.5. The molecule has 0 aliphatic rings. The Bertz CT molecular complexity index is 448. The Morgan fingerprint density at radius 1 is 1.47 bits per heavy atom. The molecule has 0 radical (unpaired) electrons. The summed E-state index contributed by atoms with van der Waals surface area (Å²) in [6, 6.07) is 4.61. The first-order chi connectivity index (χ1) is 7.90. The van der Waals surface area contributed by atoms with Crippen LogP contribution in [-0.2, 0) is 4.79 Å². The van der Waals surface area contributed by atoms with E-state index < -0.39 is 5.91 Å². The van der Waals surface area contributed by atoms with Crippen molar-refractivity contribution in [1.29, 1.82) is 0 Å². The molecule has 1 aromatic rings. The van der Waals surface area contributed by atoms with Crippen molar-refractivity contribution in [2.75, 3.05) is 5.73 Å². The second-order valence-electron chi connectivity index (χ2n) is 3.78. The molecule has 0 saturated heterocycles. The molecule has 6 heteroatoms. The van der Waals surface area contributed by atoms with Gasteiger partial charge in [0.15, 0.2) is 0 Å². The summed E-state index contributed by atoms with van der Waals surface area (Å²) < 4.78 is 0.735. The molecule has 0 aliphatic heterocycles. The largest absolute Gasteiger partial charge is 0.398 e. The Balaban J connectivity index is 2.70. The summed E-state index contributed by atoms with van der Waals surface area (Å²) in [5.74, 6) is -0.730. The predicted molar refractivity (Wildman–Crippen MR) is 69.3 cm³/mol. The number of primary amides is 1. The Morgan fingerprint density at radius 2 is 2.12 bits per heavy atom. The van der Waals surface area contributed by atoms with Crippen LogP contribution in [0, 0.1) is 0 Å². The van der Waals surface area contributed by atoms with Crippen LogP contribution >= 0.6 is 15.9 Å². The monoisotopic (exact) mass is 299 g/mol. The van der Waals surface area contributed by atoms with Crippen molar-refractivity contribution in [2.45, 2.75) is 19.4 Å². The fraction of sp³-hybridized carbons (Fsp3) is 0.273. The topological polar surface area (TPSA) is 98.2 Å². The second kappa shape index (κ2) is 5.67. The number of halogens is 1. The number of hydrogen-bond acceptors (Lipinski definition) is 3. The third-order valence-corrected chi connectivity index (χ3v) is 2.87. The molecule has 0 fully saturated rings. The van der Waals surface area contributed by atoms with E-state index in [1.807, 2.05) is 0 Å². The van der Waals surface area contributed by atoms with Crippen molar-refractivity contribution in [3.05, 3.63) is 28.2 Å². The molecule has 0 spiro atoms. The third kappa shape index (κ3) is 4.07. The molecule has 1 atom stereocenters. The van der Waals surface area contributed by atoms with Crippen molar-refractivity contribution < 1.29 is 9.59 Å². The van der Waals surface area contributed by atoms with Gasteiger partial charge in [-0.1, -0.05) is 0 Å². The number of rotatable bonds is 4. The minimum atomic E-state index is -0.451. The van der Waals surface area contributed by atoms with Gasteiger partial charge in [0.1, 0.15) is 0 Å². The highest BCUT2D eigenvalue weighted by Gasteiger charge is 2.12. The number of nitrogens with one attached hydrogen (secondary N) is 1. The van der Waals surface area contributed by atoms with Crippen LogP contribution in [0.5, 0.6) is 0 Å². The lowest BCUT2D eigenvalue weighted by Gasteiger charge is -2.12. The fourth-order valence-electron chi connectivity index (χ4n) is 1.34. The van der Waals surface area contributed by atoms with Crippen LogP contribution in [0.3, 0.4) is 0 Å². The van der Waals surface area contributed by atoms with E-state index in [1.54, 1.807) is 25.1 Å². The van der Waals surface area contributed by atoms with E-state index in [-0.39, 0.29) is 18.4 Å². The van der Waals surface area contributed by atoms with E-state index in [4.69, 9.17) is 11.5 Å². The molecule has 17 heavy (non-hydrogen) atoms. The number of nitrogen functional groups attached to an aromatic ring is 1. The van der Waals surface area contributed by atoms with Gasteiger partial charge in [-0.25, -0.2) is 0 Å². The summed E-state index contributed by atoms with van der Waals surface area (Å²) in [6.07, 6.45) is 0.109. The van der Waals surface area contributed by atoms with Crippen LogP contribution in [0.15, 0.2) is 22.7 Å². The van der Waals surface area contributed by atoms with Crippen LogP contribution in [0.2, 0.25) is 0 Å². The Morgan fingerprint density at radius 3 is 2.65 bits per heavy atom.